The van der Waals surface area contributed by atoms with Gasteiger partial charge in [0.05, 0.1) is 0 Å². The van der Waals surface area contributed by atoms with Gasteiger partial charge in [0.2, 0.25) is 5.91 Å². The van der Waals surface area contributed by atoms with Gasteiger partial charge in [-0.05, 0) is 17.6 Å². The Morgan fingerprint density at radius 2 is 2.00 bits per heavy atom. The minimum absolute atomic E-state index is 0.388. The van der Waals surface area contributed by atoms with Gasteiger partial charge in [-0.3, -0.25) is 4.79 Å². The van der Waals surface area contributed by atoms with E-state index in [1.807, 2.05) is 37.3 Å². The second-order valence-electron chi connectivity index (χ2n) is 2.79. The van der Waals surface area contributed by atoms with Gasteiger partial charge < -0.3 is 5.73 Å². The van der Waals surface area contributed by atoms with Gasteiger partial charge in [-0.15, -0.1) is 0 Å². The predicted molar refractivity (Wildman–Crippen MR) is 53.9 cm³/mol. The SMILES string of the molecule is CC/C(=C/C(N)=O)c1ccccc1. The number of hydrogen-bond donors (Lipinski definition) is 1. The summed E-state index contributed by atoms with van der Waals surface area (Å²) in [6, 6.07) is 9.78. The third-order valence-electron chi connectivity index (χ3n) is 1.84. The van der Waals surface area contributed by atoms with Gasteiger partial charge in [0.1, 0.15) is 0 Å². The molecule has 0 saturated carbocycles. The molecule has 0 saturated heterocycles. The molecule has 1 rings (SSSR count). The average Bonchev–Trinajstić information content (AvgIpc) is 2.15. The van der Waals surface area contributed by atoms with Crippen molar-refractivity contribution in [3.05, 3.63) is 42.0 Å². The van der Waals surface area contributed by atoms with E-state index in [9.17, 15) is 4.79 Å². The zero-order chi connectivity index (χ0) is 9.68. The lowest BCUT2D eigenvalue weighted by atomic mass is 10.0. The largest absolute Gasteiger partial charge is 0.366 e. The van der Waals surface area contributed by atoms with Crippen LogP contribution in [0.25, 0.3) is 5.57 Å². The van der Waals surface area contributed by atoms with Gasteiger partial charge in [0, 0.05) is 6.08 Å². The van der Waals surface area contributed by atoms with Crippen molar-refractivity contribution in [1.29, 1.82) is 0 Å². The van der Waals surface area contributed by atoms with E-state index in [-0.39, 0.29) is 5.91 Å². The lowest BCUT2D eigenvalue weighted by Crippen LogP contribution is -2.06. The molecule has 1 aromatic rings. The van der Waals surface area contributed by atoms with Crippen LogP contribution < -0.4 is 5.73 Å². The molecule has 0 aliphatic heterocycles. The number of nitrogens with two attached hydrogens (primary N) is 1. The molecule has 0 bridgehead atoms. The van der Waals surface area contributed by atoms with Crippen LogP contribution in [0.3, 0.4) is 0 Å². The normalized spacial score (nSPS) is 11.3. The van der Waals surface area contributed by atoms with E-state index in [0.29, 0.717) is 0 Å². The zero-order valence-corrected chi connectivity index (χ0v) is 7.66. The molecule has 2 nitrogen and oxygen atoms in total. The van der Waals surface area contributed by atoms with Gasteiger partial charge in [-0.1, -0.05) is 37.3 Å². The molecule has 1 aromatic carbocycles. The fraction of sp³-hybridized carbons (Fsp3) is 0.182. The maximum atomic E-state index is 10.7. The lowest BCUT2D eigenvalue weighted by molar-refractivity contribution is -0.113. The predicted octanol–water partition coefficient (Wildman–Crippen LogP) is 1.97. The van der Waals surface area contributed by atoms with Crippen LogP contribution >= 0.6 is 0 Å². The molecule has 0 radical (unpaired) electrons. The first kappa shape index (κ1) is 9.52. The van der Waals surface area contributed by atoms with Crippen molar-refractivity contribution in [2.75, 3.05) is 0 Å². The van der Waals surface area contributed by atoms with E-state index in [4.69, 9.17) is 5.73 Å². The van der Waals surface area contributed by atoms with Crippen LogP contribution in [-0.2, 0) is 4.79 Å². The molecular formula is C11H13NO. The van der Waals surface area contributed by atoms with E-state index in [2.05, 4.69) is 0 Å². The molecule has 68 valence electrons. The van der Waals surface area contributed by atoms with Crippen molar-refractivity contribution in [2.45, 2.75) is 13.3 Å². The standard InChI is InChI=1S/C11H13NO/c1-2-9(8-11(12)13)10-6-4-3-5-7-10/h3-8H,2H2,1H3,(H2,12,13)/b9-8-. The molecule has 0 spiro atoms. The van der Waals surface area contributed by atoms with E-state index >= 15 is 0 Å². The summed E-state index contributed by atoms with van der Waals surface area (Å²) in [6.07, 6.45) is 2.29. The topological polar surface area (TPSA) is 43.1 Å². The fourth-order valence-corrected chi connectivity index (χ4v) is 1.21. The molecule has 0 unspecified atom stereocenters. The van der Waals surface area contributed by atoms with Crippen LogP contribution in [0.2, 0.25) is 0 Å². The van der Waals surface area contributed by atoms with Gasteiger partial charge in [-0.2, -0.15) is 0 Å². The molecule has 2 heteroatoms. The average molecular weight is 175 g/mol. The summed E-state index contributed by atoms with van der Waals surface area (Å²) in [7, 11) is 0. The van der Waals surface area contributed by atoms with Gasteiger partial charge in [0.25, 0.3) is 0 Å². The maximum absolute atomic E-state index is 10.7. The first-order valence-electron chi connectivity index (χ1n) is 4.29. The highest BCUT2D eigenvalue weighted by atomic mass is 16.1. The summed E-state index contributed by atoms with van der Waals surface area (Å²) >= 11 is 0. The Labute approximate surface area is 78.1 Å². The number of benzene rings is 1. The van der Waals surface area contributed by atoms with Crippen LogP contribution in [0.5, 0.6) is 0 Å². The maximum Gasteiger partial charge on any atom is 0.241 e. The first-order chi connectivity index (χ1) is 6.24. The number of allylic oxidation sites excluding steroid dienone is 1. The van der Waals surface area contributed by atoms with Crippen molar-refractivity contribution in [3.8, 4) is 0 Å². The van der Waals surface area contributed by atoms with Crippen LogP contribution in [0.15, 0.2) is 36.4 Å². The Bertz CT molecular complexity index is 314. The quantitative estimate of drug-likeness (QED) is 0.701. The lowest BCUT2D eigenvalue weighted by Gasteiger charge is -2.02. The molecule has 0 aliphatic carbocycles. The molecule has 0 fully saturated rings. The van der Waals surface area contributed by atoms with E-state index in [1.165, 1.54) is 6.08 Å². The third-order valence-corrected chi connectivity index (χ3v) is 1.84. The summed E-state index contributed by atoms with van der Waals surface area (Å²) in [5.74, 6) is -0.388. The number of carbonyl (C=O) groups excluding carboxylic acids is 1. The highest BCUT2D eigenvalue weighted by Crippen LogP contribution is 2.16. The number of hydrogen-bond acceptors (Lipinski definition) is 1. The van der Waals surface area contributed by atoms with Crippen LogP contribution in [0.4, 0.5) is 0 Å². The van der Waals surface area contributed by atoms with Crippen molar-refractivity contribution in [3.63, 3.8) is 0 Å². The summed E-state index contributed by atoms with van der Waals surface area (Å²) in [5.41, 5.74) is 7.13. The molecule has 0 aliphatic rings. The Morgan fingerprint density at radius 3 is 2.46 bits per heavy atom. The minimum atomic E-state index is -0.388. The molecule has 0 aromatic heterocycles. The Kier molecular flexibility index (Phi) is 3.26. The van der Waals surface area contributed by atoms with Crippen LogP contribution in [-0.4, -0.2) is 5.91 Å². The van der Waals surface area contributed by atoms with E-state index in [0.717, 1.165) is 17.6 Å². The summed E-state index contributed by atoms with van der Waals surface area (Å²) < 4.78 is 0. The monoisotopic (exact) mass is 175 g/mol. The summed E-state index contributed by atoms with van der Waals surface area (Å²) in [6.45, 7) is 2.00. The third kappa shape index (κ3) is 2.75. The van der Waals surface area contributed by atoms with Gasteiger partial charge in [-0.25, -0.2) is 0 Å². The van der Waals surface area contributed by atoms with Crippen molar-refractivity contribution < 1.29 is 4.79 Å². The second kappa shape index (κ2) is 4.45. The summed E-state index contributed by atoms with van der Waals surface area (Å²) in [4.78, 5) is 10.7. The molecule has 2 N–H and O–H groups in total. The fourth-order valence-electron chi connectivity index (χ4n) is 1.21. The Morgan fingerprint density at radius 1 is 1.38 bits per heavy atom. The Hall–Kier alpha value is -1.57. The van der Waals surface area contributed by atoms with Gasteiger partial charge >= 0.3 is 0 Å². The number of carbonyl (C=O) groups is 1. The minimum Gasteiger partial charge on any atom is -0.366 e. The summed E-state index contributed by atoms with van der Waals surface area (Å²) in [5, 5.41) is 0. The highest BCUT2D eigenvalue weighted by Gasteiger charge is 1.98. The van der Waals surface area contributed by atoms with E-state index in [1.54, 1.807) is 0 Å². The number of amides is 1. The second-order valence-corrected chi connectivity index (χ2v) is 2.79. The molecule has 13 heavy (non-hydrogen) atoms. The molecule has 1 amide bonds. The first-order valence-corrected chi connectivity index (χ1v) is 4.29. The van der Waals surface area contributed by atoms with Crippen molar-refractivity contribution in [1.82, 2.24) is 0 Å². The van der Waals surface area contributed by atoms with Gasteiger partial charge in [0.15, 0.2) is 0 Å². The van der Waals surface area contributed by atoms with Crippen LogP contribution in [0.1, 0.15) is 18.9 Å². The molecule has 0 atom stereocenters. The smallest absolute Gasteiger partial charge is 0.241 e. The van der Waals surface area contributed by atoms with Crippen LogP contribution in [0, 0.1) is 0 Å². The molecule has 0 heterocycles. The van der Waals surface area contributed by atoms with E-state index < -0.39 is 0 Å². The highest BCUT2D eigenvalue weighted by molar-refractivity contribution is 5.93. The zero-order valence-electron chi connectivity index (χ0n) is 7.66. The number of rotatable bonds is 3. The Balaban J connectivity index is 2.98. The number of primary amides is 1. The molecular weight excluding hydrogens is 162 g/mol. The van der Waals surface area contributed by atoms with Crippen molar-refractivity contribution >= 4 is 11.5 Å². The van der Waals surface area contributed by atoms with Crippen molar-refractivity contribution in [2.24, 2.45) is 5.73 Å².